The van der Waals surface area contributed by atoms with Gasteiger partial charge >= 0.3 is 6.09 Å². The molecule has 1 aliphatic rings. The van der Waals surface area contributed by atoms with Gasteiger partial charge in [0.1, 0.15) is 0 Å². The van der Waals surface area contributed by atoms with E-state index >= 15 is 0 Å². The van der Waals surface area contributed by atoms with Crippen molar-refractivity contribution in [2.45, 2.75) is 6.04 Å². The molecule has 2 aromatic rings. The number of amides is 1. The molecule has 1 aliphatic heterocycles. The molecule has 3 rings (SSSR count). The highest BCUT2D eigenvalue weighted by molar-refractivity contribution is 6.30. The van der Waals surface area contributed by atoms with Gasteiger partial charge in [0, 0.05) is 31.2 Å². The van der Waals surface area contributed by atoms with Gasteiger partial charge in [0.15, 0.2) is 0 Å². The van der Waals surface area contributed by atoms with Crippen LogP contribution < -0.4 is 0 Å². The van der Waals surface area contributed by atoms with Crippen molar-refractivity contribution in [1.82, 2.24) is 9.80 Å². The molecule has 1 amide bonds. The molecule has 1 unspecified atom stereocenters. The van der Waals surface area contributed by atoms with Gasteiger partial charge in [-0.2, -0.15) is 0 Å². The third-order valence-electron chi connectivity index (χ3n) is 4.41. The van der Waals surface area contributed by atoms with Gasteiger partial charge in [0.2, 0.25) is 0 Å². The van der Waals surface area contributed by atoms with Crippen LogP contribution in [-0.2, 0) is 4.74 Å². The molecule has 1 heterocycles. The summed E-state index contributed by atoms with van der Waals surface area (Å²) in [5.74, 6) is 0. The van der Waals surface area contributed by atoms with Crippen molar-refractivity contribution < 1.29 is 9.53 Å². The maximum Gasteiger partial charge on any atom is 0.409 e. The molecule has 2 aromatic carbocycles. The molecule has 0 radical (unpaired) electrons. The van der Waals surface area contributed by atoms with E-state index in [1.165, 1.54) is 18.2 Å². The van der Waals surface area contributed by atoms with Crippen molar-refractivity contribution >= 4 is 17.7 Å². The van der Waals surface area contributed by atoms with E-state index in [1.54, 1.807) is 4.90 Å². The fraction of sp³-hybridized carbons (Fsp3) is 0.316. The monoisotopic (exact) mass is 344 g/mol. The topological polar surface area (TPSA) is 32.8 Å². The first kappa shape index (κ1) is 16.8. The summed E-state index contributed by atoms with van der Waals surface area (Å²) in [6.45, 7) is 2.95. The SMILES string of the molecule is COC(=O)N1CCN(C(c2ccccc2)c2ccc(Cl)cc2)CC1. The summed E-state index contributed by atoms with van der Waals surface area (Å²) in [6.07, 6.45) is -0.252. The first-order chi connectivity index (χ1) is 11.7. The summed E-state index contributed by atoms with van der Waals surface area (Å²) >= 11 is 6.05. The van der Waals surface area contributed by atoms with Gasteiger partial charge in [-0.05, 0) is 23.3 Å². The van der Waals surface area contributed by atoms with Gasteiger partial charge in [0.25, 0.3) is 0 Å². The second-order valence-electron chi connectivity index (χ2n) is 5.86. The lowest BCUT2D eigenvalue weighted by atomic mass is 9.96. The molecule has 1 saturated heterocycles. The van der Waals surface area contributed by atoms with Crippen LogP contribution in [0.15, 0.2) is 54.6 Å². The Morgan fingerprint density at radius 2 is 1.54 bits per heavy atom. The molecular weight excluding hydrogens is 324 g/mol. The lowest BCUT2D eigenvalue weighted by molar-refractivity contribution is 0.0812. The largest absolute Gasteiger partial charge is 0.453 e. The standard InChI is InChI=1S/C19H21ClN2O2/c1-24-19(23)22-13-11-21(12-14-22)18(15-5-3-2-4-6-15)16-7-9-17(20)10-8-16/h2-10,18H,11-14H2,1H3. The van der Waals surface area contributed by atoms with Crippen LogP contribution in [0.1, 0.15) is 17.2 Å². The molecule has 0 aromatic heterocycles. The number of halogens is 1. The summed E-state index contributed by atoms with van der Waals surface area (Å²) in [5.41, 5.74) is 2.45. The fourth-order valence-corrected chi connectivity index (χ4v) is 3.31. The number of hydrogen-bond acceptors (Lipinski definition) is 3. The van der Waals surface area contributed by atoms with E-state index in [2.05, 4.69) is 41.3 Å². The number of benzene rings is 2. The van der Waals surface area contributed by atoms with Crippen molar-refractivity contribution in [3.05, 3.63) is 70.7 Å². The van der Waals surface area contributed by atoms with E-state index in [0.29, 0.717) is 13.1 Å². The summed E-state index contributed by atoms with van der Waals surface area (Å²) in [7, 11) is 1.43. The zero-order valence-corrected chi connectivity index (χ0v) is 14.4. The Morgan fingerprint density at radius 3 is 2.12 bits per heavy atom. The molecule has 1 fully saturated rings. The lowest BCUT2D eigenvalue weighted by Crippen LogP contribution is -2.49. The Labute approximate surface area is 147 Å². The maximum atomic E-state index is 11.7. The first-order valence-electron chi connectivity index (χ1n) is 8.06. The van der Waals surface area contributed by atoms with E-state index in [9.17, 15) is 4.79 Å². The van der Waals surface area contributed by atoms with Crippen molar-refractivity contribution in [1.29, 1.82) is 0 Å². The Hall–Kier alpha value is -2.04. The predicted molar refractivity (Wildman–Crippen MR) is 95.3 cm³/mol. The Bertz CT molecular complexity index is 668. The van der Waals surface area contributed by atoms with Gasteiger partial charge < -0.3 is 9.64 Å². The number of rotatable bonds is 3. The molecule has 0 aliphatic carbocycles. The van der Waals surface area contributed by atoms with Crippen LogP contribution in [0.3, 0.4) is 0 Å². The van der Waals surface area contributed by atoms with Gasteiger partial charge in [-0.3, -0.25) is 4.90 Å². The van der Waals surface area contributed by atoms with E-state index < -0.39 is 0 Å². The van der Waals surface area contributed by atoms with Gasteiger partial charge in [-0.25, -0.2) is 4.79 Å². The summed E-state index contributed by atoms with van der Waals surface area (Å²) < 4.78 is 4.82. The van der Waals surface area contributed by atoms with E-state index in [1.807, 2.05) is 18.2 Å². The molecular formula is C19H21ClN2O2. The summed E-state index contributed by atoms with van der Waals surface area (Å²) in [6, 6.07) is 18.6. The summed E-state index contributed by atoms with van der Waals surface area (Å²) in [4.78, 5) is 15.8. The van der Waals surface area contributed by atoms with Crippen LogP contribution in [-0.4, -0.2) is 49.2 Å². The Balaban J connectivity index is 1.84. The van der Waals surface area contributed by atoms with Crippen LogP contribution in [0.4, 0.5) is 4.79 Å². The molecule has 126 valence electrons. The minimum atomic E-state index is -0.252. The van der Waals surface area contributed by atoms with Gasteiger partial charge in [-0.15, -0.1) is 0 Å². The highest BCUT2D eigenvalue weighted by Gasteiger charge is 2.28. The molecule has 5 heteroatoms. The van der Waals surface area contributed by atoms with Crippen LogP contribution in [0.25, 0.3) is 0 Å². The van der Waals surface area contributed by atoms with Gasteiger partial charge in [-0.1, -0.05) is 54.1 Å². The quantitative estimate of drug-likeness (QED) is 0.848. The van der Waals surface area contributed by atoms with Crippen LogP contribution in [0, 0.1) is 0 Å². The Kier molecular flexibility index (Phi) is 5.38. The predicted octanol–water partition coefficient (Wildman–Crippen LogP) is 3.81. The molecule has 0 N–H and O–H groups in total. The van der Waals surface area contributed by atoms with Crippen molar-refractivity contribution in [2.75, 3.05) is 33.3 Å². The molecule has 0 saturated carbocycles. The second kappa shape index (κ2) is 7.69. The Morgan fingerprint density at radius 1 is 0.958 bits per heavy atom. The van der Waals surface area contributed by atoms with Crippen LogP contribution in [0.2, 0.25) is 5.02 Å². The van der Waals surface area contributed by atoms with Crippen molar-refractivity contribution in [3.63, 3.8) is 0 Å². The minimum Gasteiger partial charge on any atom is -0.453 e. The normalized spacial score (nSPS) is 16.7. The molecule has 0 bridgehead atoms. The highest BCUT2D eigenvalue weighted by atomic mass is 35.5. The number of carbonyl (C=O) groups excluding carboxylic acids is 1. The number of hydrogen-bond donors (Lipinski definition) is 0. The third-order valence-corrected chi connectivity index (χ3v) is 4.67. The van der Waals surface area contributed by atoms with E-state index in [0.717, 1.165) is 18.1 Å². The molecule has 4 nitrogen and oxygen atoms in total. The zero-order chi connectivity index (χ0) is 16.9. The molecule has 0 spiro atoms. The third kappa shape index (κ3) is 3.71. The lowest BCUT2D eigenvalue weighted by Gasteiger charge is -2.39. The molecule has 1 atom stereocenters. The summed E-state index contributed by atoms with van der Waals surface area (Å²) in [5, 5.41) is 0.737. The molecule has 24 heavy (non-hydrogen) atoms. The average molecular weight is 345 g/mol. The van der Waals surface area contributed by atoms with Crippen LogP contribution in [0.5, 0.6) is 0 Å². The van der Waals surface area contributed by atoms with Crippen molar-refractivity contribution in [2.24, 2.45) is 0 Å². The average Bonchev–Trinajstić information content (AvgIpc) is 2.64. The van der Waals surface area contributed by atoms with E-state index in [4.69, 9.17) is 16.3 Å². The zero-order valence-electron chi connectivity index (χ0n) is 13.7. The second-order valence-corrected chi connectivity index (χ2v) is 6.29. The highest BCUT2D eigenvalue weighted by Crippen LogP contribution is 2.30. The van der Waals surface area contributed by atoms with E-state index in [-0.39, 0.29) is 12.1 Å². The number of piperazine rings is 1. The first-order valence-corrected chi connectivity index (χ1v) is 8.44. The smallest absolute Gasteiger partial charge is 0.409 e. The maximum absolute atomic E-state index is 11.7. The van der Waals surface area contributed by atoms with Gasteiger partial charge in [0.05, 0.1) is 13.2 Å². The number of ether oxygens (including phenoxy) is 1. The van der Waals surface area contributed by atoms with Crippen molar-refractivity contribution in [3.8, 4) is 0 Å². The minimum absolute atomic E-state index is 0.156. The van der Waals surface area contributed by atoms with Crippen LogP contribution >= 0.6 is 11.6 Å². The number of carbonyl (C=O) groups is 1. The fourth-order valence-electron chi connectivity index (χ4n) is 3.19. The number of methoxy groups -OCH3 is 1. The number of nitrogens with zero attached hydrogens (tertiary/aromatic N) is 2.